The van der Waals surface area contributed by atoms with Gasteiger partial charge in [0.1, 0.15) is 0 Å². The minimum Gasteiger partial charge on any atom is -0.344 e. The first kappa shape index (κ1) is 18.9. The minimum absolute atomic E-state index is 0.0519. The van der Waals surface area contributed by atoms with Gasteiger partial charge in [-0.2, -0.15) is 5.26 Å². The summed E-state index contributed by atoms with van der Waals surface area (Å²) in [5, 5.41) is 9.48. The second-order valence-electron chi connectivity index (χ2n) is 8.20. The summed E-state index contributed by atoms with van der Waals surface area (Å²) in [5.41, 5.74) is 7.44. The molecule has 0 atom stereocenters. The van der Waals surface area contributed by atoms with E-state index in [-0.39, 0.29) is 5.41 Å². The van der Waals surface area contributed by atoms with Gasteiger partial charge in [-0.1, -0.05) is 62.4 Å². The van der Waals surface area contributed by atoms with Gasteiger partial charge >= 0.3 is 0 Å². The minimum atomic E-state index is -0.0519. The molecular weight excluding hydrogens is 388 g/mol. The summed E-state index contributed by atoms with van der Waals surface area (Å²) >= 11 is 1.45. The number of nitrogens with zero attached hydrogens (tertiary/aromatic N) is 4. The zero-order chi connectivity index (χ0) is 20.7. The van der Waals surface area contributed by atoms with Gasteiger partial charge in [0.15, 0.2) is 0 Å². The lowest BCUT2D eigenvalue weighted by Crippen LogP contribution is -2.29. The van der Waals surface area contributed by atoms with E-state index < -0.39 is 0 Å². The fourth-order valence-electron chi connectivity index (χ4n) is 4.65. The van der Waals surface area contributed by atoms with Crippen LogP contribution < -0.4 is 4.90 Å². The highest BCUT2D eigenvalue weighted by Gasteiger charge is 2.42. The van der Waals surface area contributed by atoms with Crippen molar-refractivity contribution in [1.82, 2.24) is 0 Å². The summed E-state index contributed by atoms with van der Waals surface area (Å²) in [4.78, 5) is 12.0. The van der Waals surface area contributed by atoms with Gasteiger partial charge in [0.25, 0.3) is 0 Å². The fourth-order valence-corrected chi connectivity index (χ4v) is 5.47. The molecule has 0 saturated carbocycles. The molecule has 2 aromatic carbocycles. The van der Waals surface area contributed by atoms with Gasteiger partial charge in [-0.05, 0) is 47.9 Å². The number of thioether (sulfide) groups is 1. The number of benzene rings is 2. The third-order valence-electron chi connectivity index (χ3n) is 6.05. The number of aryl methyl sites for hydroxylation is 1. The van der Waals surface area contributed by atoms with E-state index in [0.717, 1.165) is 29.1 Å². The normalized spacial score (nSPS) is 23.0. The van der Waals surface area contributed by atoms with Crippen molar-refractivity contribution in [2.24, 2.45) is 9.98 Å². The van der Waals surface area contributed by atoms with Crippen molar-refractivity contribution in [1.29, 1.82) is 5.26 Å². The summed E-state index contributed by atoms with van der Waals surface area (Å²) in [6, 6.07) is 16.8. The molecule has 4 nitrogen and oxygen atoms in total. The Morgan fingerprint density at radius 3 is 2.77 bits per heavy atom. The Bertz CT molecular complexity index is 1180. The van der Waals surface area contributed by atoms with Crippen LogP contribution in [0, 0.1) is 11.5 Å². The first-order valence-electron chi connectivity index (χ1n) is 10.2. The molecule has 0 aliphatic carbocycles. The molecule has 0 fully saturated rings. The number of para-hydroxylation sites is 1. The predicted octanol–water partition coefficient (Wildman–Crippen LogP) is 5.57. The van der Waals surface area contributed by atoms with Crippen molar-refractivity contribution in [3.05, 3.63) is 88.0 Å². The highest BCUT2D eigenvalue weighted by atomic mass is 32.2. The molecule has 3 aliphatic rings. The van der Waals surface area contributed by atoms with Crippen LogP contribution in [0.1, 0.15) is 37.0 Å². The maximum absolute atomic E-state index is 8.98. The van der Waals surface area contributed by atoms with Crippen molar-refractivity contribution in [2.45, 2.75) is 32.1 Å². The van der Waals surface area contributed by atoms with Crippen molar-refractivity contribution in [2.75, 3.05) is 11.4 Å². The van der Waals surface area contributed by atoms with Crippen LogP contribution >= 0.6 is 11.8 Å². The Balaban J connectivity index is 1.58. The van der Waals surface area contributed by atoms with Gasteiger partial charge in [-0.15, -0.1) is 4.99 Å². The summed E-state index contributed by atoms with van der Waals surface area (Å²) in [7, 11) is 0. The second kappa shape index (κ2) is 7.30. The Hall–Kier alpha value is -3.10. The van der Waals surface area contributed by atoms with Gasteiger partial charge in [0.05, 0.1) is 5.71 Å². The smallest absolute Gasteiger partial charge is 0.208 e. The first-order chi connectivity index (χ1) is 14.6. The molecule has 0 spiro atoms. The van der Waals surface area contributed by atoms with Crippen LogP contribution in [0.2, 0.25) is 0 Å². The predicted molar refractivity (Wildman–Crippen MR) is 125 cm³/mol. The average molecular weight is 411 g/mol. The third kappa shape index (κ3) is 3.00. The molecule has 148 valence electrons. The zero-order valence-corrected chi connectivity index (χ0v) is 17.9. The van der Waals surface area contributed by atoms with E-state index in [1.807, 2.05) is 36.5 Å². The van der Waals surface area contributed by atoms with Crippen LogP contribution in [-0.4, -0.2) is 17.4 Å². The lowest BCUT2D eigenvalue weighted by molar-refractivity contribution is 0.625. The quantitative estimate of drug-likeness (QED) is 0.608. The van der Waals surface area contributed by atoms with Gasteiger partial charge < -0.3 is 4.90 Å². The molecule has 3 heterocycles. The number of hydrogen-bond acceptors (Lipinski definition) is 4. The van der Waals surface area contributed by atoms with E-state index in [2.05, 4.69) is 59.1 Å². The largest absolute Gasteiger partial charge is 0.344 e. The molecule has 5 heteroatoms. The standard InChI is InChI=1S/C25H22N4S/c1-25(2)19-12-6-10-18-11-7-15-29(23(18)19)21(25)14-13-20-22(17-8-4-3-5-9-17)28-24(30-20)27-16-26/h3-6,8-10,12-14H,7,11,15H2,1-2H3. The summed E-state index contributed by atoms with van der Waals surface area (Å²) in [5.74, 6) is 0. The van der Waals surface area contributed by atoms with E-state index in [0.29, 0.717) is 5.17 Å². The number of nitriles is 1. The fraction of sp³-hybridized carbons (Fsp3) is 0.240. The highest BCUT2D eigenvalue weighted by Crippen LogP contribution is 2.51. The van der Waals surface area contributed by atoms with E-state index in [1.165, 1.54) is 40.7 Å². The number of amidine groups is 1. The van der Waals surface area contributed by atoms with Gasteiger partial charge in [-0.3, -0.25) is 0 Å². The number of aliphatic imine (C=N–C) groups is 2. The van der Waals surface area contributed by atoms with Gasteiger partial charge in [0.2, 0.25) is 11.4 Å². The third-order valence-corrected chi connectivity index (χ3v) is 6.96. The molecule has 3 aliphatic heterocycles. The first-order valence-corrected chi connectivity index (χ1v) is 11.0. The Kier molecular flexibility index (Phi) is 4.60. The lowest BCUT2D eigenvalue weighted by atomic mass is 9.83. The topological polar surface area (TPSA) is 51.8 Å². The molecule has 0 unspecified atom stereocenters. The Labute approximate surface area is 181 Å². The molecule has 0 bridgehead atoms. The molecule has 5 rings (SSSR count). The van der Waals surface area contributed by atoms with Crippen LogP contribution in [0.25, 0.3) is 0 Å². The molecule has 0 radical (unpaired) electrons. The molecular formula is C25H22N4S. The number of anilines is 1. The van der Waals surface area contributed by atoms with Crippen LogP contribution in [0.15, 0.2) is 81.3 Å². The Morgan fingerprint density at radius 1 is 1.13 bits per heavy atom. The molecule has 0 aromatic heterocycles. The van der Waals surface area contributed by atoms with Crippen LogP contribution in [0.4, 0.5) is 5.69 Å². The molecule has 0 amide bonds. The Morgan fingerprint density at radius 2 is 1.97 bits per heavy atom. The van der Waals surface area contributed by atoms with Crippen molar-refractivity contribution in [3.63, 3.8) is 0 Å². The lowest BCUT2D eigenvalue weighted by Gasteiger charge is -2.30. The van der Waals surface area contributed by atoms with Gasteiger partial charge in [0, 0.05) is 33.8 Å². The summed E-state index contributed by atoms with van der Waals surface area (Å²) in [6.45, 7) is 5.67. The van der Waals surface area contributed by atoms with Crippen molar-refractivity contribution in [3.8, 4) is 6.19 Å². The van der Waals surface area contributed by atoms with E-state index in [1.54, 1.807) is 0 Å². The monoisotopic (exact) mass is 410 g/mol. The molecule has 2 aromatic rings. The van der Waals surface area contributed by atoms with Crippen LogP contribution in [-0.2, 0) is 11.8 Å². The number of rotatable bonds is 2. The molecule has 0 saturated heterocycles. The zero-order valence-electron chi connectivity index (χ0n) is 17.1. The summed E-state index contributed by atoms with van der Waals surface area (Å²) < 4.78 is 0. The van der Waals surface area contributed by atoms with E-state index in [4.69, 9.17) is 5.26 Å². The number of allylic oxidation sites excluding steroid dienone is 4. The SMILES string of the molecule is CC1(C)C(=CC=C2SC(=NC#N)N=C2c2ccccc2)N2CCCc3cccc1c32. The maximum Gasteiger partial charge on any atom is 0.208 e. The van der Waals surface area contributed by atoms with Crippen LogP contribution in [0.5, 0.6) is 0 Å². The summed E-state index contributed by atoms with van der Waals surface area (Å²) in [6.07, 6.45) is 8.57. The van der Waals surface area contributed by atoms with Gasteiger partial charge in [-0.25, -0.2) is 4.99 Å². The second-order valence-corrected chi connectivity index (χ2v) is 9.21. The van der Waals surface area contributed by atoms with Crippen molar-refractivity contribution < 1.29 is 0 Å². The van der Waals surface area contributed by atoms with Crippen molar-refractivity contribution >= 4 is 28.3 Å². The average Bonchev–Trinajstić information content (AvgIpc) is 3.26. The van der Waals surface area contributed by atoms with E-state index in [9.17, 15) is 0 Å². The molecule has 0 N–H and O–H groups in total. The van der Waals surface area contributed by atoms with Crippen LogP contribution in [0.3, 0.4) is 0 Å². The van der Waals surface area contributed by atoms with E-state index >= 15 is 0 Å². The number of hydrogen-bond donors (Lipinski definition) is 0. The maximum atomic E-state index is 8.98. The highest BCUT2D eigenvalue weighted by molar-refractivity contribution is 8.18. The molecule has 30 heavy (non-hydrogen) atoms.